The van der Waals surface area contributed by atoms with Gasteiger partial charge in [0.15, 0.2) is 0 Å². The van der Waals surface area contributed by atoms with Crippen LogP contribution in [0.5, 0.6) is 0 Å². The lowest BCUT2D eigenvalue weighted by atomic mass is 9.61. The summed E-state index contributed by atoms with van der Waals surface area (Å²) in [5, 5.41) is 6.38. The number of hydrogen-bond donors (Lipinski definition) is 1. The Morgan fingerprint density at radius 2 is 1.71 bits per heavy atom. The third-order valence-corrected chi connectivity index (χ3v) is 5.91. The molecule has 2 fully saturated rings. The zero-order valence-electron chi connectivity index (χ0n) is 12.8. The zero-order chi connectivity index (χ0) is 14.1. The minimum Gasteiger partial charge on any atom is -0.316 e. The molecule has 1 aliphatic carbocycles. The number of rotatable bonds is 2. The summed E-state index contributed by atoms with van der Waals surface area (Å²) >= 11 is 0. The Morgan fingerprint density at radius 1 is 0.905 bits per heavy atom. The minimum atomic E-state index is 0.436. The van der Waals surface area contributed by atoms with Crippen LogP contribution in [-0.2, 0) is 5.41 Å². The molecular weight excluding hydrogens is 254 g/mol. The summed E-state index contributed by atoms with van der Waals surface area (Å²) in [6, 6.07) is 16.0. The van der Waals surface area contributed by atoms with Crippen molar-refractivity contribution in [3.05, 3.63) is 48.0 Å². The molecule has 1 saturated carbocycles. The molecule has 2 aromatic carbocycles. The Hall–Kier alpha value is -1.34. The summed E-state index contributed by atoms with van der Waals surface area (Å²) in [5.74, 6) is 0.832. The van der Waals surface area contributed by atoms with Crippen LogP contribution in [0.1, 0.15) is 44.1 Å². The minimum absolute atomic E-state index is 0.436. The Morgan fingerprint density at radius 3 is 2.48 bits per heavy atom. The largest absolute Gasteiger partial charge is 0.316 e. The molecule has 0 unspecified atom stereocenters. The van der Waals surface area contributed by atoms with Crippen LogP contribution in [0.2, 0.25) is 0 Å². The lowest BCUT2D eigenvalue weighted by Gasteiger charge is -2.43. The van der Waals surface area contributed by atoms with E-state index in [9.17, 15) is 0 Å². The molecule has 1 heterocycles. The second kappa shape index (κ2) is 5.46. The van der Waals surface area contributed by atoms with Gasteiger partial charge in [-0.05, 0) is 60.0 Å². The fourth-order valence-electron chi connectivity index (χ4n) is 4.74. The smallest absolute Gasteiger partial charge is 0.000597 e. The molecule has 0 amide bonds. The van der Waals surface area contributed by atoms with E-state index in [2.05, 4.69) is 47.8 Å². The third-order valence-electron chi connectivity index (χ3n) is 5.91. The van der Waals surface area contributed by atoms with E-state index in [4.69, 9.17) is 0 Å². The maximum Gasteiger partial charge on any atom is -0.000597 e. The molecule has 110 valence electrons. The average molecular weight is 279 g/mol. The molecule has 2 aliphatic rings. The standard InChI is InChI=1S/C20H25N/c1-4-11-20(12-5-1,19-10-13-21-15-19)18-9-8-16-6-2-3-7-17(16)14-18/h2-3,6-9,14,19,21H,1,4-5,10-13,15H2/t19-/m0/s1. The van der Waals surface area contributed by atoms with E-state index in [0.717, 1.165) is 5.92 Å². The Labute approximate surface area is 127 Å². The highest BCUT2D eigenvalue weighted by Crippen LogP contribution is 2.47. The van der Waals surface area contributed by atoms with Crippen molar-refractivity contribution in [2.24, 2.45) is 5.92 Å². The van der Waals surface area contributed by atoms with Crippen LogP contribution in [0, 0.1) is 5.92 Å². The monoisotopic (exact) mass is 279 g/mol. The van der Waals surface area contributed by atoms with E-state index in [1.165, 1.54) is 62.4 Å². The van der Waals surface area contributed by atoms with Gasteiger partial charge in [-0.3, -0.25) is 0 Å². The van der Waals surface area contributed by atoms with Crippen LogP contribution in [-0.4, -0.2) is 13.1 Å². The van der Waals surface area contributed by atoms with E-state index in [0.29, 0.717) is 5.41 Å². The second-order valence-electron chi connectivity index (χ2n) is 6.97. The van der Waals surface area contributed by atoms with Gasteiger partial charge in [0.2, 0.25) is 0 Å². The summed E-state index contributed by atoms with van der Waals surface area (Å²) in [6.07, 6.45) is 8.37. The SMILES string of the molecule is c1ccc2cc(C3([C@H]4CCNC4)CCCCC3)ccc2c1. The molecular formula is C20H25N. The highest BCUT2D eigenvalue weighted by Gasteiger charge is 2.42. The molecule has 4 rings (SSSR count). The van der Waals surface area contributed by atoms with Gasteiger partial charge in [0, 0.05) is 0 Å². The van der Waals surface area contributed by atoms with Gasteiger partial charge < -0.3 is 5.32 Å². The Balaban J connectivity index is 1.80. The summed E-state index contributed by atoms with van der Waals surface area (Å²) < 4.78 is 0. The van der Waals surface area contributed by atoms with E-state index >= 15 is 0 Å². The topological polar surface area (TPSA) is 12.0 Å². The van der Waals surface area contributed by atoms with Crippen LogP contribution in [0.25, 0.3) is 10.8 Å². The maximum absolute atomic E-state index is 3.60. The highest BCUT2D eigenvalue weighted by molar-refractivity contribution is 5.83. The van der Waals surface area contributed by atoms with Gasteiger partial charge in [0.05, 0.1) is 0 Å². The van der Waals surface area contributed by atoms with E-state index in [1.54, 1.807) is 5.56 Å². The highest BCUT2D eigenvalue weighted by atomic mass is 14.9. The fraction of sp³-hybridized carbons (Fsp3) is 0.500. The van der Waals surface area contributed by atoms with Crippen molar-refractivity contribution in [2.45, 2.75) is 43.9 Å². The van der Waals surface area contributed by atoms with E-state index < -0.39 is 0 Å². The van der Waals surface area contributed by atoms with Crippen molar-refractivity contribution in [1.82, 2.24) is 5.32 Å². The van der Waals surface area contributed by atoms with Crippen molar-refractivity contribution in [3.63, 3.8) is 0 Å². The van der Waals surface area contributed by atoms with Crippen LogP contribution < -0.4 is 5.32 Å². The van der Waals surface area contributed by atoms with Crippen molar-refractivity contribution >= 4 is 10.8 Å². The molecule has 2 aromatic rings. The first-order valence-corrected chi connectivity index (χ1v) is 8.58. The van der Waals surface area contributed by atoms with E-state index in [1.807, 2.05) is 0 Å². The molecule has 0 spiro atoms. The van der Waals surface area contributed by atoms with Gasteiger partial charge in [-0.2, -0.15) is 0 Å². The predicted molar refractivity (Wildman–Crippen MR) is 89.7 cm³/mol. The van der Waals surface area contributed by atoms with Crippen molar-refractivity contribution in [1.29, 1.82) is 0 Å². The fourth-order valence-corrected chi connectivity index (χ4v) is 4.74. The molecule has 1 heteroatoms. The molecule has 1 N–H and O–H groups in total. The van der Waals surface area contributed by atoms with Gasteiger partial charge in [-0.1, -0.05) is 61.7 Å². The van der Waals surface area contributed by atoms with Crippen LogP contribution >= 0.6 is 0 Å². The zero-order valence-corrected chi connectivity index (χ0v) is 12.8. The second-order valence-corrected chi connectivity index (χ2v) is 6.97. The number of fused-ring (bicyclic) bond motifs is 1. The summed E-state index contributed by atoms with van der Waals surface area (Å²) in [6.45, 7) is 2.42. The lowest BCUT2D eigenvalue weighted by Crippen LogP contribution is -2.38. The molecule has 1 atom stereocenters. The third kappa shape index (κ3) is 2.28. The number of benzene rings is 2. The first-order valence-electron chi connectivity index (χ1n) is 8.58. The molecule has 21 heavy (non-hydrogen) atoms. The van der Waals surface area contributed by atoms with Gasteiger partial charge >= 0.3 is 0 Å². The van der Waals surface area contributed by atoms with Crippen molar-refractivity contribution in [3.8, 4) is 0 Å². The van der Waals surface area contributed by atoms with Gasteiger partial charge in [0.1, 0.15) is 0 Å². The Bertz CT molecular complexity index is 619. The maximum atomic E-state index is 3.60. The predicted octanol–water partition coefficient (Wildman–Crippen LogP) is 4.65. The van der Waals surface area contributed by atoms with Gasteiger partial charge in [0.25, 0.3) is 0 Å². The quantitative estimate of drug-likeness (QED) is 0.843. The molecule has 1 nitrogen and oxygen atoms in total. The normalized spacial score (nSPS) is 25.2. The summed E-state index contributed by atoms with van der Waals surface area (Å²) in [7, 11) is 0. The van der Waals surface area contributed by atoms with E-state index in [-0.39, 0.29) is 0 Å². The van der Waals surface area contributed by atoms with Crippen LogP contribution in [0.3, 0.4) is 0 Å². The summed E-state index contributed by atoms with van der Waals surface area (Å²) in [5.41, 5.74) is 2.04. The lowest BCUT2D eigenvalue weighted by molar-refractivity contribution is 0.202. The molecule has 1 saturated heterocycles. The number of hydrogen-bond acceptors (Lipinski definition) is 1. The van der Waals surface area contributed by atoms with Crippen molar-refractivity contribution < 1.29 is 0 Å². The van der Waals surface area contributed by atoms with Crippen LogP contribution in [0.15, 0.2) is 42.5 Å². The molecule has 1 aliphatic heterocycles. The Kier molecular flexibility index (Phi) is 3.46. The first-order chi connectivity index (χ1) is 10.4. The first kappa shape index (κ1) is 13.3. The molecule has 0 bridgehead atoms. The average Bonchev–Trinajstić information content (AvgIpc) is 3.10. The van der Waals surface area contributed by atoms with Crippen LogP contribution in [0.4, 0.5) is 0 Å². The van der Waals surface area contributed by atoms with Crippen molar-refractivity contribution in [2.75, 3.05) is 13.1 Å². The van der Waals surface area contributed by atoms with Gasteiger partial charge in [-0.25, -0.2) is 0 Å². The molecule has 0 radical (unpaired) electrons. The molecule has 0 aromatic heterocycles. The summed E-state index contributed by atoms with van der Waals surface area (Å²) in [4.78, 5) is 0. The number of nitrogens with one attached hydrogen (secondary N) is 1. The van der Waals surface area contributed by atoms with Gasteiger partial charge in [-0.15, -0.1) is 0 Å².